The zero-order chi connectivity index (χ0) is 12.8. The molecule has 5 heteroatoms. The highest BCUT2D eigenvalue weighted by Gasteiger charge is 2.39. The Balaban J connectivity index is 1.53. The van der Waals surface area contributed by atoms with Crippen LogP contribution in [0.25, 0.3) is 5.65 Å². The second-order valence-corrected chi connectivity index (χ2v) is 5.54. The lowest BCUT2D eigenvalue weighted by Gasteiger charge is -2.23. The summed E-state index contributed by atoms with van der Waals surface area (Å²) in [6.45, 7) is 1.11. The molecule has 2 aromatic rings. The summed E-state index contributed by atoms with van der Waals surface area (Å²) < 4.78 is 1.90. The van der Waals surface area contributed by atoms with Gasteiger partial charge in [0.05, 0.1) is 0 Å². The molecule has 1 aliphatic carbocycles. The number of nitrogens with one attached hydrogen (secondary N) is 2. The standard InChI is InChI=1S/C14H16N4O/c19-14(17-12-6-9-5-11(12)16-8-9)10-1-3-18-4-2-15-13(18)7-10/h1-4,7,9,11-12,16H,5-6,8H2,(H,17,19)/t9-,11+,12-/m0/s1. The van der Waals surface area contributed by atoms with E-state index in [0.717, 1.165) is 24.5 Å². The molecule has 2 aromatic heterocycles. The van der Waals surface area contributed by atoms with E-state index in [0.29, 0.717) is 11.6 Å². The van der Waals surface area contributed by atoms with Crippen molar-refractivity contribution in [3.8, 4) is 0 Å². The fourth-order valence-corrected chi connectivity index (χ4v) is 3.32. The molecule has 0 spiro atoms. The molecule has 19 heavy (non-hydrogen) atoms. The van der Waals surface area contributed by atoms with Crippen molar-refractivity contribution in [3.05, 3.63) is 36.3 Å². The number of amides is 1. The Morgan fingerprint density at radius 1 is 1.42 bits per heavy atom. The molecule has 2 fully saturated rings. The van der Waals surface area contributed by atoms with Gasteiger partial charge in [0.25, 0.3) is 5.91 Å². The van der Waals surface area contributed by atoms with Crippen LogP contribution in [0.4, 0.5) is 0 Å². The van der Waals surface area contributed by atoms with Crippen molar-refractivity contribution in [1.82, 2.24) is 20.0 Å². The molecule has 98 valence electrons. The second-order valence-electron chi connectivity index (χ2n) is 5.54. The van der Waals surface area contributed by atoms with Gasteiger partial charge in [-0.05, 0) is 37.4 Å². The average molecular weight is 256 g/mol. The number of hydrogen-bond donors (Lipinski definition) is 2. The number of nitrogens with zero attached hydrogens (tertiary/aromatic N) is 2. The molecular formula is C14H16N4O. The van der Waals surface area contributed by atoms with Gasteiger partial charge in [-0.3, -0.25) is 4.79 Å². The van der Waals surface area contributed by atoms with Crippen LogP contribution in [0.1, 0.15) is 23.2 Å². The van der Waals surface area contributed by atoms with Crippen LogP contribution >= 0.6 is 0 Å². The van der Waals surface area contributed by atoms with Crippen molar-refractivity contribution in [3.63, 3.8) is 0 Å². The summed E-state index contributed by atoms with van der Waals surface area (Å²) in [5, 5.41) is 6.60. The average Bonchev–Trinajstić information content (AvgIpc) is 3.13. The Morgan fingerprint density at radius 3 is 3.16 bits per heavy atom. The van der Waals surface area contributed by atoms with E-state index in [9.17, 15) is 4.79 Å². The van der Waals surface area contributed by atoms with Crippen molar-refractivity contribution < 1.29 is 4.79 Å². The van der Waals surface area contributed by atoms with Crippen LogP contribution in [0.15, 0.2) is 30.7 Å². The summed E-state index contributed by atoms with van der Waals surface area (Å²) in [4.78, 5) is 16.5. The molecule has 5 nitrogen and oxygen atoms in total. The van der Waals surface area contributed by atoms with Crippen LogP contribution in [0.5, 0.6) is 0 Å². The Morgan fingerprint density at radius 2 is 2.37 bits per heavy atom. The Hall–Kier alpha value is -1.88. The van der Waals surface area contributed by atoms with Gasteiger partial charge in [0.15, 0.2) is 0 Å². The van der Waals surface area contributed by atoms with Crippen LogP contribution in [0.2, 0.25) is 0 Å². The van der Waals surface area contributed by atoms with Crippen molar-refractivity contribution in [1.29, 1.82) is 0 Å². The van der Waals surface area contributed by atoms with Gasteiger partial charge in [0, 0.05) is 36.2 Å². The molecule has 1 saturated carbocycles. The van der Waals surface area contributed by atoms with E-state index in [-0.39, 0.29) is 11.9 Å². The molecule has 2 aliphatic rings. The van der Waals surface area contributed by atoms with Gasteiger partial charge in [-0.15, -0.1) is 0 Å². The first-order valence-corrected chi connectivity index (χ1v) is 6.76. The Labute approximate surface area is 111 Å². The van der Waals surface area contributed by atoms with E-state index < -0.39 is 0 Å². The van der Waals surface area contributed by atoms with E-state index >= 15 is 0 Å². The molecule has 4 rings (SSSR count). The first-order chi connectivity index (χ1) is 9.29. The molecule has 0 aromatic carbocycles. The maximum Gasteiger partial charge on any atom is 0.251 e. The summed E-state index contributed by atoms with van der Waals surface area (Å²) in [7, 11) is 0. The topological polar surface area (TPSA) is 58.4 Å². The predicted octanol–water partition coefficient (Wildman–Crippen LogP) is 0.814. The maximum atomic E-state index is 12.3. The van der Waals surface area contributed by atoms with Gasteiger partial charge in [0.2, 0.25) is 0 Å². The molecule has 2 N–H and O–H groups in total. The van der Waals surface area contributed by atoms with E-state index in [1.54, 1.807) is 6.20 Å². The monoisotopic (exact) mass is 256 g/mol. The number of fused-ring (bicyclic) bond motifs is 3. The third-order valence-corrected chi connectivity index (χ3v) is 4.31. The summed E-state index contributed by atoms with van der Waals surface area (Å²) in [6.07, 6.45) is 7.78. The van der Waals surface area contributed by atoms with Crippen LogP contribution in [0, 0.1) is 5.92 Å². The number of carbonyl (C=O) groups excluding carboxylic acids is 1. The third-order valence-electron chi connectivity index (χ3n) is 4.31. The first-order valence-electron chi connectivity index (χ1n) is 6.76. The maximum absolute atomic E-state index is 12.3. The molecule has 3 atom stereocenters. The van der Waals surface area contributed by atoms with Crippen LogP contribution < -0.4 is 10.6 Å². The normalized spacial score (nSPS) is 28.9. The molecule has 0 unspecified atom stereocenters. The minimum absolute atomic E-state index is 0.00449. The lowest BCUT2D eigenvalue weighted by molar-refractivity contribution is 0.0928. The Bertz CT molecular complexity index is 635. The number of aromatic nitrogens is 2. The minimum Gasteiger partial charge on any atom is -0.348 e. The van der Waals surface area contributed by atoms with Crippen LogP contribution in [-0.4, -0.2) is 33.9 Å². The van der Waals surface area contributed by atoms with Crippen molar-refractivity contribution >= 4 is 11.6 Å². The van der Waals surface area contributed by atoms with Gasteiger partial charge < -0.3 is 15.0 Å². The highest BCUT2D eigenvalue weighted by Crippen LogP contribution is 2.31. The fourth-order valence-electron chi connectivity index (χ4n) is 3.32. The SMILES string of the molecule is O=C(N[C@H]1C[C@H]2CN[C@@H]1C2)c1ccn2ccnc2c1. The number of pyridine rings is 1. The molecule has 1 aliphatic heterocycles. The number of carbonyl (C=O) groups is 1. The highest BCUT2D eigenvalue weighted by molar-refractivity contribution is 5.95. The number of hydrogen-bond acceptors (Lipinski definition) is 3. The Kier molecular flexibility index (Phi) is 2.35. The van der Waals surface area contributed by atoms with Crippen molar-refractivity contribution in [2.45, 2.75) is 24.9 Å². The fraction of sp³-hybridized carbons (Fsp3) is 0.429. The van der Waals surface area contributed by atoms with E-state index in [1.807, 2.05) is 28.9 Å². The summed E-state index contributed by atoms with van der Waals surface area (Å²) in [5.74, 6) is 0.745. The molecule has 3 heterocycles. The lowest BCUT2D eigenvalue weighted by atomic mass is 10.1. The van der Waals surface area contributed by atoms with Gasteiger partial charge in [-0.1, -0.05) is 0 Å². The first kappa shape index (κ1) is 11.0. The molecule has 1 saturated heterocycles. The molecule has 2 bridgehead atoms. The highest BCUT2D eigenvalue weighted by atomic mass is 16.1. The summed E-state index contributed by atoms with van der Waals surface area (Å²) >= 11 is 0. The summed E-state index contributed by atoms with van der Waals surface area (Å²) in [6, 6.07) is 4.41. The number of rotatable bonds is 2. The van der Waals surface area contributed by atoms with Gasteiger partial charge in [0.1, 0.15) is 5.65 Å². The zero-order valence-electron chi connectivity index (χ0n) is 10.5. The van der Waals surface area contributed by atoms with Crippen molar-refractivity contribution in [2.24, 2.45) is 5.92 Å². The minimum atomic E-state index is 0.00449. The summed E-state index contributed by atoms with van der Waals surface area (Å²) in [5.41, 5.74) is 1.49. The van der Waals surface area contributed by atoms with E-state index in [1.165, 1.54) is 6.42 Å². The van der Waals surface area contributed by atoms with Gasteiger partial charge in [-0.25, -0.2) is 4.98 Å². The third kappa shape index (κ3) is 1.81. The molecule has 1 amide bonds. The second kappa shape index (κ2) is 4.06. The lowest BCUT2D eigenvalue weighted by Crippen LogP contribution is -2.47. The molecule has 0 radical (unpaired) electrons. The van der Waals surface area contributed by atoms with Crippen molar-refractivity contribution in [2.75, 3.05) is 6.54 Å². The van der Waals surface area contributed by atoms with E-state index in [2.05, 4.69) is 15.6 Å². The van der Waals surface area contributed by atoms with Gasteiger partial charge in [-0.2, -0.15) is 0 Å². The van der Waals surface area contributed by atoms with Crippen LogP contribution in [0.3, 0.4) is 0 Å². The zero-order valence-corrected chi connectivity index (χ0v) is 10.5. The molecular weight excluding hydrogens is 240 g/mol. The number of imidazole rings is 1. The van der Waals surface area contributed by atoms with E-state index in [4.69, 9.17) is 0 Å². The van der Waals surface area contributed by atoms with Crippen LogP contribution in [-0.2, 0) is 0 Å². The van der Waals surface area contributed by atoms with Gasteiger partial charge >= 0.3 is 0 Å². The number of piperidine rings is 1. The quantitative estimate of drug-likeness (QED) is 0.836. The predicted molar refractivity (Wildman–Crippen MR) is 71.0 cm³/mol. The largest absolute Gasteiger partial charge is 0.348 e. The smallest absolute Gasteiger partial charge is 0.251 e.